The molecule has 0 heterocycles. The lowest BCUT2D eigenvalue weighted by molar-refractivity contribution is -0.139. The highest BCUT2D eigenvalue weighted by atomic mass is 19.4. The molecule has 0 saturated heterocycles. The van der Waals surface area contributed by atoms with Crippen LogP contribution >= 0.6 is 0 Å². The summed E-state index contributed by atoms with van der Waals surface area (Å²) in [5, 5.41) is 0. The van der Waals surface area contributed by atoms with Crippen molar-refractivity contribution in [2.45, 2.75) is 51.6 Å². The highest BCUT2D eigenvalue weighted by Crippen LogP contribution is 2.39. The van der Waals surface area contributed by atoms with Gasteiger partial charge in [0.25, 0.3) is 0 Å². The van der Waals surface area contributed by atoms with Crippen molar-refractivity contribution in [3.8, 4) is 22.3 Å². The molecule has 0 amide bonds. The van der Waals surface area contributed by atoms with Gasteiger partial charge in [-0.3, -0.25) is 0 Å². The molecule has 0 atom stereocenters. The highest BCUT2D eigenvalue weighted by Gasteiger charge is 2.34. The van der Waals surface area contributed by atoms with Crippen molar-refractivity contribution in [1.82, 2.24) is 0 Å². The molecule has 0 aromatic heterocycles. The molecule has 0 fully saturated rings. The van der Waals surface area contributed by atoms with E-state index in [0.29, 0.717) is 12.5 Å². The first-order chi connectivity index (χ1) is 14.8. The molecule has 0 radical (unpaired) electrons. The molecule has 4 rings (SSSR count). The molecule has 0 bridgehead atoms. The van der Waals surface area contributed by atoms with E-state index in [4.69, 9.17) is 0 Å². The number of halogens is 5. The van der Waals surface area contributed by atoms with E-state index >= 15 is 0 Å². The predicted molar refractivity (Wildman–Crippen MR) is 113 cm³/mol. The van der Waals surface area contributed by atoms with E-state index in [1.54, 1.807) is 6.07 Å². The van der Waals surface area contributed by atoms with Gasteiger partial charge in [-0.2, -0.15) is 13.2 Å². The lowest BCUT2D eigenvalue weighted by Gasteiger charge is -2.22. The number of aryl methyl sites for hydroxylation is 3. The number of rotatable bonds is 5. The molecule has 31 heavy (non-hydrogen) atoms. The minimum Gasteiger partial charge on any atom is -0.206 e. The van der Waals surface area contributed by atoms with Crippen molar-refractivity contribution in [2.75, 3.05) is 0 Å². The van der Waals surface area contributed by atoms with Crippen LogP contribution in [0.4, 0.5) is 22.0 Å². The van der Waals surface area contributed by atoms with Crippen LogP contribution in [0.5, 0.6) is 0 Å². The van der Waals surface area contributed by atoms with Gasteiger partial charge in [-0.25, -0.2) is 8.78 Å². The summed E-state index contributed by atoms with van der Waals surface area (Å²) in [7, 11) is 0. The van der Waals surface area contributed by atoms with E-state index in [9.17, 15) is 22.0 Å². The third-order valence-corrected chi connectivity index (χ3v) is 5.97. The molecule has 3 aromatic carbocycles. The van der Waals surface area contributed by atoms with Gasteiger partial charge >= 0.3 is 6.18 Å². The first-order valence-electron chi connectivity index (χ1n) is 10.6. The summed E-state index contributed by atoms with van der Waals surface area (Å²) in [5.74, 6) is -1.97. The summed E-state index contributed by atoms with van der Waals surface area (Å²) in [6.07, 6.45) is 1.28. The Morgan fingerprint density at radius 1 is 0.742 bits per heavy atom. The molecule has 162 valence electrons. The van der Waals surface area contributed by atoms with Crippen molar-refractivity contribution >= 4 is 0 Å². The summed E-state index contributed by atoms with van der Waals surface area (Å²) in [4.78, 5) is 0. The zero-order valence-corrected chi connectivity index (χ0v) is 17.3. The second-order valence-electron chi connectivity index (χ2n) is 8.13. The Morgan fingerprint density at radius 3 is 2.16 bits per heavy atom. The summed E-state index contributed by atoms with van der Waals surface area (Å²) >= 11 is 0. The third-order valence-electron chi connectivity index (χ3n) is 5.97. The fraction of sp³-hybridized carbons (Fsp3) is 0.308. The van der Waals surface area contributed by atoms with E-state index in [1.807, 2.05) is 6.07 Å². The van der Waals surface area contributed by atoms with Crippen LogP contribution < -0.4 is 0 Å². The Morgan fingerprint density at radius 2 is 1.48 bits per heavy atom. The Kier molecular flexibility index (Phi) is 5.87. The van der Waals surface area contributed by atoms with Crippen molar-refractivity contribution in [2.24, 2.45) is 0 Å². The molecular formula is C26H23F5. The number of hydrogen-bond acceptors (Lipinski definition) is 0. The van der Waals surface area contributed by atoms with Crippen molar-refractivity contribution < 1.29 is 22.0 Å². The molecule has 0 nitrogen and oxygen atoms in total. The maximum absolute atomic E-state index is 15.0. The fourth-order valence-corrected chi connectivity index (χ4v) is 4.33. The van der Waals surface area contributed by atoms with Gasteiger partial charge in [0.2, 0.25) is 0 Å². The lowest BCUT2D eigenvalue weighted by Crippen LogP contribution is -2.08. The highest BCUT2D eigenvalue weighted by molar-refractivity contribution is 5.78. The van der Waals surface area contributed by atoms with Gasteiger partial charge in [-0.05, 0) is 83.3 Å². The topological polar surface area (TPSA) is 0 Å². The molecule has 0 aliphatic heterocycles. The van der Waals surface area contributed by atoms with Crippen molar-refractivity contribution in [1.29, 1.82) is 0 Å². The minimum atomic E-state index is -4.78. The number of alkyl halides is 3. The van der Waals surface area contributed by atoms with Crippen molar-refractivity contribution in [3.63, 3.8) is 0 Å². The average Bonchev–Trinajstić information content (AvgIpc) is 2.72. The van der Waals surface area contributed by atoms with Crippen LogP contribution in [0.2, 0.25) is 0 Å². The molecule has 0 unspecified atom stereocenters. The fourth-order valence-electron chi connectivity index (χ4n) is 4.33. The predicted octanol–water partition coefficient (Wildman–Crippen LogP) is 8.15. The molecule has 0 saturated carbocycles. The molecular weight excluding hydrogens is 407 g/mol. The van der Waals surface area contributed by atoms with Crippen LogP contribution in [0.15, 0.2) is 48.5 Å². The Bertz CT molecular complexity index is 1110. The first-order valence-corrected chi connectivity index (χ1v) is 10.6. The zero-order chi connectivity index (χ0) is 22.2. The maximum atomic E-state index is 15.0. The monoisotopic (exact) mass is 430 g/mol. The van der Waals surface area contributed by atoms with Crippen LogP contribution in [0, 0.1) is 11.6 Å². The van der Waals surface area contributed by atoms with Gasteiger partial charge in [0.05, 0.1) is 5.56 Å². The summed E-state index contributed by atoms with van der Waals surface area (Å²) in [6, 6.07) is 11.9. The van der Waals surface area contributed by atoms with E-state index in [0.717, 1.165) is 48.1 Å². The normalized spacial score (nSPS) is 13.1. The summed E-state index contributed by atoms with van der Waals surface area (Å²) in [6.45, 7) is 2.17. The largest absolute Gasteiger partial charge is 0.419 e. The second-order valence-corrected chi connectivity index (χ2v) is 8.13. The molecule has 1 aliphatic carbocycles. The standard InChI is InChI=1S/C26H23F5/c1-2-3-4-5-16-6-10-20-17(12-16)7-8-18-13-22(24(27)15-21(18)20)19-9-11-23(25(28)14-19)26(29,30)31/h6,9-15H,2-5,7-8H2,1H3. The Hall–Kier alpha value is -2.69. The molecule has 0 spiro atoms. The quantitative estimate of drug-likeness (QED) is 0.283. The van der Waals surface area contributed by atoms with E-state index in [2.05, 4.69) is 19.1 Å². The maximum Gasteiger partial charge on any atom is 0.419 e. The number of benzene rings is 3. The first kappa shape index (κ1) is 21.5. The van der Waals surface area contributed by atoms with E-state index in [1.165, 1.54) is 30.0 Å². The van der Waals surface area contributed by atoms with Crippen LogP contribution in [0.25, 0.3) is 22.3 Å². The van der Waals surface area contributed by atoms with Gasteiger partial charge in [0.1, 0.15) is 11.6 Å². The second kappa shape index (κ2) is 8.45. The minimum absolute atomic E-state index is 0.0999. The van der Waals surface area contributed by atoms with Gasteiger partial charge in [-0.1, -0.05) is 44.0 Å². The van der Waals surface area contributed by atoms with Gasteiger partial charge in [0.15, 0.2) is 0 Å². The van der Waals surface area contributed by atoms with Crippen LogP contribution in [0.3, 0.4) is 0 Å². The summed E-state index contributed by atoms with van der Waals surface area (Å²) < 4.78 is 67.5. The third kappa shape index (κ3) is 4.36. The molecule has 5 heteroatoms. The average molecular weight is 430 g/mol. The molecule has 1 aliphatic rings. The smallest absolute Gasteiger partial charge is 0.206 e. The van der Waals surface area contributed by atoms with Crippen LogP contribution in [0.1, 0.15) is 48.4 Å². The van der Waals surface area contributed by atoms with Crippen molar-refractivity contribution in [3.05, 3.63) is 82.4 Å². The number of hydrogen-bond donors (Lipinski definition) is 0. The van der Waals surface area contributed by atoms with E-state index < -0.39 is 23.4 Å². The van der Waals surface area contributed by atoms with Crippen LogP contribution in [-0.4, -0.2) is 0 Å². The number of unbranched alkanes of at least 4 members (excludes halogenated alkanes) is 2. The Balaban J connectivity index is 1.68. The SMILES string of the molecule is CCCCCc1ccc2c(c1)CCc1cc(-c3ccc(C(F)(F)F)c(F)c3)c(F)cc1-2. The number of fused-ring (bicyclic) bond motifs is 3. The molecule has 3 aromatic rings. The molecule has 0 N–H and O–H groups in total. The van der Waals surface area contributed by atoms with Crippen LogP contribution in [-0.2, 0) is 25.4 Å². The van der Waals surface area contributed by atoms with Gasteiger partial charge in [-0.15, -0.1) is 0 Å². The van der Waals surface area contributed by atoms with Gasteiger partial charge in [0, 0.05) is 5.56 Å². The van der Waals surface area contributed by atoms with Gasteiger partial charge < -0.3 is 0 Å². The zero-order valence-electron chi connectivity index (χ0n) is 17.3. The Labute approximate surface area is 178 Å². The summed E-state index contributed by atoms with van der Waals surface area (Å²) in [5.41, 5.74) is 4.05. The van der Waals surface area contributed by atoms with E-state index in [-0.39, 0.29) is 11.1 Å². The lowest BCUT2D eigenvalue weighted by atomic mass is 9.83.